The predicted octanol–water partition coefficient (Wildman–Crippen LogP) is 3.38. The quantitative estimate of drug-likeness (QED) is 0.561. The van der Waals surface area contributed by atoms with Crippen LogP contribution in [-0.4, -0.2) is 52.1 Å². The molecule has 0 aliphatic rings. The first-order chi connectivity index (χ1) is 13.9. The molecule has 0 amide bonds. The first-order valence-corrected chi connectivity index (χ1v) is 11.1. The second kappa shape index (κ2) is 10.8. The molecule has 0 radical (unpaired) electrons. The number of nitrogens with zero attached hydrogens (tertiary/aromatic N) is 1. The molecule has 0 unspecified atom stereocenters. The van der Waals surface area contributed by atoms with Gasteiger partial charge in [-0.1, -0.05) is 13.8 Å². The molecule has 2 aromatic rings. The largest absolute Gasteiger partial charge is 0.494 e. The predicted molar refractivity (Wildman–Crippen MR) is 113 cm³/mol. The lowest BCUT2D eigenvalue weighted by atomic mass is 10.2. The van der Waals surface area contributed by atoms with Gasteiger partial charge in [-0.05, 0) is 68.5 Å². The van der Waals surface area contributed by atoms with E-state index in [0.717, 1.165) is 13.1 Å². The van der Waals surface area contributed by atoms with Gasteiger partial charge in [0.25, 0.3) is 10.0 Å². The van der Waals surface area contributed by atoms with E-state index < -0.39 is 16.0 Å². The lowest BCUT2D eigenvalue weighted by molar-refractivity contribution is 0.0466. The fourth-order valence-electron chi connectivity index (χ4n) is 2.66. The molecule has 1 N–H and O–H groups in total. The fourth-order valence-corrected chi connectivity index (χ4v) is 3.72. The van der Waals surface area contributed by atoms with Crippen LogP contribution in [0.4, 0.5) is 5.69 Å². The summed E-state index contributed by atoms with van der Waals surface area (Å²) in [5.74, 6) is 0.174. The summed E-state index contributed by atoms with van der Waals surface area (Å²) in [6, 6.07) is 12.3. The van der Waals surface area contributed by atoms with Crippen molar-refractivity contribution in [2.75, 3.05) is 37.6 Å². The maximum atomic E-state index is 12.5. The van der Waals surface area contributed by atoms with Gasteiger partial charge in [-0.3, -0.25) is 4.72 Å². The summed E-state index contributed by atoms with van der Waals surface area (Å²) in [7, 11) is -3.73. The van der Waals surface area contributed by atoms with E-state index >= 15 is 0 Å². The number of carbonyl (C=O) groups excluding carboxylic acids is 1. The van der Waals surface area contributed by atoms with Crippen LogP contribution < -0.4 is 9.46 Å². The Morgan fingerprint density at radius 1 is 0.966 bits per heavy atom. The van der Waals surface area contributed by atoms with E-state index in [1.54, 1.807) is 12.1 Å². The molecule has 0 aromatic heterocycles. The maximum absolute atomic E-state index is 12.5. The summed E-state index contributed by atoms with van der Waals surface area (Å²) in [5.41, 5.74) is 0.729. The molecule has 0 aliphatic heterocycles. The van der Waals surface area contributed by atoms with Crippen molar-refractivity contribution in [3.63, 3.8) is 0 Å². The van der Waals surface area contributed by atoms with Gasteiger partial charge in [-0.15, -0.1) is 0 Å². The van der Waals surface area contributed by atoms with Gasteiger partial charge in [0, 0.05) is 12.2 Å². The van der Waals surface area contributed by atoms with E-state index in [-0.39, 0.29) is 4.90 Å². The van der Waals surface area contributed by atoms with E-state index in [0.29, 0.717) is 36.8 Å². The van der Waals surface area contributed by atoms with E-state index in [4.69, 9.17) is 9.47 Å². The average molecular weight is 421 g/mol. The number of likely N-dealkylation sites (N-methyl/N-ethyl adjacent to an activating group) is 1. The van der Waals surface area contributed by atoms with E-state index in [1.165, 1.54) is 36.4 Å². The van der Waals surface area contributed by atoms with Gasteiger partial charge in [0.15, 0.2) is 0 Å². The Hall–Kier alpha value is -2.58. The van der Waals surface area contributed by atoms with Crippen LogP contribution in [0, 0.1) is 0 Å². The zero-order valence-electron chi connectivity index (χ0n) is 17.1. The first kappa shape index (κ1) is 22.7. The molecule has 7 nitrogen and oxygen atoms in total. The van der Waals surface area contributed by atoms with Crippen molar-refractivity contribution in [2.45, 2.75) is 25.7 Å². The average Bonchev–Trinajstić information content (AvgIpc) is 2.72. The smallest absolute Gasteiger partial charge is 0.338 e. The van der Waals surface area contributed by atoms with E-state index in [2.05, 4.69) is 23.5 Å². The summed E-state index contributed by atoms with van der Waals surface area (Å²) < 4.78 is 38.1. The standard InChI is InChI=1S/C21H28N2O5S/c1-4-23(5-2)15-16-28-21(24)17-7-9-18(10-8-17)22-29(25,26)20-13-11-19(12-14-20)27-6-3/h7-14,22H,4-6,15-16H2,1-3H3. The summed E-state index contributed by atoms with van der Waals surface area (Å²) in [5, 5.41) is 0. The highest BCUT2D eigenvalue weighted by atomic mass is 32.2. The van der Waals surface area contributed by atoms with Crippen LogP contribution in [0.3, 0.4) is 0 Å². The number of carbonyl (C=O) groups is 1. The minimum absolute atomic E-state index is 0.126. The van der Waals surface area contributed by atoms with Crippen molar-refractivity contribution in [3.8, 4) is 5.75 Å². The topological polar surface area (TPSA) is 84.9 Å². The fraction of sp³-hybridized carbons (Fsp3) is 0.381. The second-order valence-corrected chi connectivity index (χ2v) is 7.93. The number of ether oxygens (including phenoxy) is 2. The summed E-state index contributed by atoms with van der Waals surface area (Å²) in [6.45, 7) is 9.27. The van der Waals surface area contributed by atoms with E-state index in [1.807, 2.05) is 6.92 Å². The molecule has 2 rings (SSSR count). The molecule has 8 heteroatoms. The molecule has 158 valence electrons. The van der Waals surface area contributed by atoms with Crippen molar-refractivity contribution in [1.82, 2.24) is 4.90 Å². The Bertz CT molecular complexity index is 876. The molecule has 0 saturated heterocycles. The Morgan fingerprint density at radius 2 is 1.59 bits per heavy atom. The lowest BCUT2D eigenvalue weighted by Crippen LogP contribution is -2.27. The number of esters is 1. The lowest BCUT2D eigenvalue weighted by Gasteiger charge is -2.17. The number of rotatable bonds is 11. The highest BCUT2D eigenvalue weighted by Crippen LogP contribution is 2.20. The van der Waals surface area contributed by atoms with Gasteiger partial charge in [-0.25, -0.2) is 13.2 Å². The molecule has 0 heterocycles. The Morgan fingerprint density at radius 3 is 2.14 bits per heavy atom. The third-order valence-electron chi connectivity index (χ3n) is 4.35. The number of nitrogens with one attached hydrogen (secondary N) is 1. The second-order valence-electron chi connectivity index (χ2n) is 6.25. The molecule has 0 bridgehead atoms. The first-order valence-electron chi connectivity index (χ1n) is 9.64. The van der Waals surface area contributed by atoms with Crippen molar-refractivity contribution < 1.29 is 22.7 Å². The van der Waals surface area contributed by atoms with Gasteiger partial charge in [0.1, 0.15) is 12.4 Å². The summed E-state index contributed by atoms with van der Waals surface area (Å²) >= 11 is 0. The molecule has 0 spiro atoms. The van der Waals surface area contributed by atoms with E-state index in [9.17, 15) is 13.2 Å². The van der Waals surface area contributed by atoms with Crippen LogP contribution >= 0.6 is 0 Å². The van der Waals surface area contributed by atoms with Crippen LogP contribution in [0.1, 0.15) is 31.1 Å². The molecule has 29 heavy (non-hydrogen) atoms. The molecule has 0 aliphatic carbocycles. The monoisotopic (exact) mass is 420 g/mol. The molecular formula is C21H28N2O5S. The number of anilines is 1. The Balaban J connectivity index is 1.96. The minimum atomic E-state index is -3.73. The van der Waals surface area contributed by atoms with Gasteiger partial charge in [0.2, 0.25) is 0 Å². The maximum Gasteiger partial charge on any atom is 0.338 e. The van der Waals surface area contributed by atoms with Crippen molar-refractivity contribution in [2.24, 2.45) is 0 Å². The summed E-state index contributed by atoms with van der Waals surface area (Å²) in [6.07, 6.45) is 0. The van der Waals surface area contributed by atoms with Crippen molar-refractivity contribution in [1.29, 1.82) is 0 Å². The number of benzene rings is 2. The van der Waals surface area contributed by atoms with Crippen LogP contribution in [-0.2, 0) is 14.8 Å². The SMILES string of the molecule is CCOc1ccc(S(=O)(=O)Nc2ccc(C(=O)OCCN(CC)CC)cc2)cc1. The normalized spacial score (nSPS) is 11.3. The number of hydrogen-bond acceptors (Lipinski definition) is 6. The Kier molecular flexibility index (Phi) is 8.48. The zero-order valence-corrected chi connectivity index (χ0v) is 17.9. The van der Waals surface area contributed by atoms with Gasteiger partial charge in [0.05, 0.1) is 17.1 Å². The minimum Gasteiger partial charge on any atom is -0.494 e. The van der Waals surface area contributed by atoms with Gasteiger partial charge in [-0.2, -0.15) is 0 Å². The third-order valence-corrected chi connectivity index (χ3v) is 5.75. The molecule has 0 atom stereocenters. The number of sulfonamides is 1. The van der Waals surface area contributed by atoms with Crippen molar-refractivity contribution >= 4 is 21.7 Å². The van der Waals surface area contributed by atoms with Crippen LogP contribution in [0.2, 0.25) is 0 Å². The van der Waals surface area contributed by atoms with Crippen LogP contribution in [0.15, 0.2) is 53.4 Å². The van der Waals surface area contributed by atoms with Crippen LogP contribution in [0.25, 0.3) is 0 Å². The number of hydrogen-bond donors (Lipinski definition) is 1. The molecule has 0 saturated carbocycles. The third kappa shape index (κ3) is 6.76. The van der Waals surface area contributed by atoms with Gasteiger partial charge < -0.3 is 14.4 Å². The Labute approximate surface area is 172 Å². The molecule has 2 aromatic carbocycles. The zero-order chi connectivity index (χ0) is 21.3. The van der Waals surface area contributed by atoms with Crippen LogP contribution in [0.5, 0.6) is 5.75 Å². The summed E-state index contributed by atoms with van der Waals surface area (Å²) in [4.78, 5) is 14.4. The molecular weight excluding hydrogens is 392 g/mol. The van der Waals surface area contributed by atoms with Crippen molar-refractivity contribution in [3.05, 3.63) is 54.1 Å². The highest BCUT2D eigenvalue weighted by molar-refractivity contribution is 7.92. The highest BCUT2D eigenvalue weighted by Gasteiger charge is 2.15. The van der Waals surface area contributed by atoms with Gasteiger partial charge >= 0.3 is 5.97 Å². The molecule has 0 fully saturated rings.